The van der Waals surface area contributed by atoms with E-state index in [9.17, 15) is 9.59 Å². The van der Waals surface area contributed by atoms with Crippen LogP contribution >= 0.6 is 0 Å². The number of hydrogen-bond acceptors (Lipinski definition) is 4. The quantitative estimate of drug-likeness (QED) is 0.434. The molecule has 5 heteroatoms. The number of rotatable bonds is 7. The third-order valence-electron chi connectivity index (χ3n) is 5.10. The number of esters is 1. The highest BCUT2D eigenvalue weighted by atomic mass is 16.5. The zero-order chi connectivity index (χ0) is 20.6. The van der Waals surface area contributed by atoms with E-state index < -0.39 is 12.1 Å². The molecule has 0 heterocycles. The standard InChI is InChI=1S/C24H27NO4/c1-17(23(26)25-20-13-7-8-14-20)29-24(27)21(18-10-4-3-5-11-18)16-19-12-6-9-15-22(19)28-2/h3-6,9-12,15-17,20H,7-8,13-14H2,1-2H3,(H,25,26)/b21-16+/t17-/m1/s1. The lowest BCUT2D eigenvalue weighted by molar-refractivity contribution is -0.149. The van der Waals surface area contributed by atoms with Crippen molar-refractivity contribution in [3.8, 4) is 5.75 Å². The average molecular weight is 393 g/mol. The van der Waals surface area contributed by atoms with Gasteiger partial charge in [0.05, 0.1) is 12.7 Å². The summed E-state index contributed by atoms with van der Waals surface area (Å²) in [6.07, 6.45) is 5.08. The topological polar surface area (TPSA) is 64.6 Å². The molecule has 3 rings (SSSR count). The second-order valence-electron chi connectivity index (χ2n) is 7.20. The molecule has 1 N–H and O–H groups in total. The van der Waals surface area contributed by atoms with Gasteiger partial charge in [-0.2, -0.15) is 0 Å². The zero-order valence-electron chi connectivity index (χ0n) is 16.9. The third-order valence-corrected chi connectivity index (χ3v) is 5.10. The predicted molar refractivity (Wildman–Crippen MR) is 113 cm³/mol. The summed E-state index contributed by atoms with van der Waals surface area (Å²) in [5.41, 5.74) is 1.84. The summed E-state index contributed by atoms with van der Waals surface area (Å²) in [7, 11) is 1.59. The van der Waals surface area contributed by atoms with Crippen LogP contribution in [0.4, 0.5) is 0 Å². The summed E-state index contributed by atoms with van der Waals surface area (Å²) in [6.45, 7) is 1.61. The maximum Gasteiger partial charge on any atom is 0.339 e. The van der Waals surface area contributed by atoms with Crippen LogP contribution in [0.3, 0.4) is 0 Å². The van der Waals surface area contributed by atoms with Crippen LogP contribution in [-0.4, -0.2) is 31.1 Å². The van der Waals surface area contributed by atoms with Crippen LogP contribution in [0.25, 0.3) is 11.6 Å². The van der Waals surface area contributed by atoms with Crippen molar-refractivity contribution in [1.82, 2.24) is 5.32 Å². The average Bonchev–Trinajstić information content (AvgIpc) is 3.25. The number of carbonyl (C=O) groups is 2. The summed E-state index contributed by atoms with van der Waals surface area (Å²) in [5.74, 6) is -0.146. The fourth-order valence-electron chi connectivity index (χ4n) is 3.49. The van der Waals surface area contributed by atoms with Gasteiger partial charge in [0, 0.05) is 11.6 Å². The Morgan fingerprint density at radius 2 is 1.69 bits per heavy atom. The number of amides is 1. The lowest BCUT2D eigenvalue weighted by Crippen LogP contribution is -2.40. The van der Waals surface area contributed by atoms with Gasteiger partial charge < -0.3 is 14.8 Å². The Balaban J connectivity index is 1.81. The van der Waals surface area contributed by atoms with E-state index in [1.165, 1.54) is 0 Å². The number of methoxy groups -OCH3 is 1. The molecule has 152 valence electrons. The number of para-hydroxylation sites is 1. The molecule has 0 radical (unpaired) electrons. The Kier molecular flexibility index (Phi) is 7.06. The second kappa shape index (κ2) is 9.92. The van der Waals surface area contributed by atoms with Gasteiger partial charge >= 0.3 is 5.97 Å². The minimum Gasteiger partial charge on any atom is -0.496 e. The third kappa shape index (κ3) is 5.47. The van der Waals surface area contributed by atoms with E-state index in [0.29, 0.717) is 16.9 Å². The summed E-state index contributed by atoms with van der Waals surface area (Å²) < 4.78 is 10.9. The van der Waals surface area contributed by atoms with Crippen LogP contribution in [0.5, 0.6) is 5.75 Å². The zero-order valence-corrected chi connectivity index (χ0v) is 16.9. The van der Waals surface area contributed by atoms with Gasteiger partial charge in [-0.1, -0.05) is 61.4 Å². The molecule has 29 heavy (non-hydrogen) atoms. The number of carbonyl (C=O) groups excluding carboxylic acids is 2. The van der Waals surface area contributed by atoms with E-state index in [0.717, 1.165) is 31.2 Å². The molecular weight excluding hydrogens is 366 g/mol. The van der Waals surface area contributed by atoms with Gasteiger partial charge in [-0.05, 0) is 37.5 Å². The molecule has 5 nitrogen and oxygen atoms in total. The molecule has 0 aliphatic heterocycles. The number of ether oxygens (including phenoxy) is 2. The Labute approximate surface area is 171 Å². The highest BCUT2D eigenvalue weighted by molar-refractivity contribution is 6.22. The van der Waals surface area contributed by atoms with E-state index in [-0.39, 0.29) is 11.9 Å². The number of nitrogens with one attached hydrogen (secondary N) is 1. The van der Waals surface area contributed by atoms with Crippen LogP contribution in [0, 0.1) is 0 Å². The first-order valence-corrected chi connectivity index (χ1v) is 10.00. The van der Waals surface area contributed by atoms with Crippen molar-refractivity contribution < 1.29 is 19.1 Å². The lowest BCUT2D eigenvalue weighted by atomic mass is 10.0. The van der Waals surface area contributed by atoms with Gasteiger partial charge in [0.15, 0.2) is 6.10 Å². The fraction of sp³-hybridized carbons (Fsp3) is 0.333. The summed E-state index contributed by atoms with van der Waals surface area (Å²) in [4.78, 5) is 25.4. The van der Waals surface area contributed by atoms with E-state index in [2.05, 4.69) is 5.32 Å². The highest BCUT2D eigenvalue weighted by Gasteiger charge is 2.25. The summed E-state index contributed by atoms with van der Waals surface area (Å²) >= 11 is 0. The van der Waals surface area contributed by atoms with E-state index >= 15 is 0 Å². The first-order chi connectivity index (χ1) is 14.1. The summed E-state index contributed by atoms with van der Waals surface area (Å²) in [5, 5.41) is 2.98. The molecule has 0 unspecified atom stereocenters. The first kappa shape index (κ1) is 20.6. The molecule has 1 saturated carbocycles. The predicted octanol–water partition coefficient (Wildman–Crippen LogP) is 4.23. The first-order valence-electron chi connectivity index (χ1n) is 10.00. The molecule has 1 aliphatic carbocycles. The van der Waals surface area contributed by atoms with Crippen LogP contribution in [-0.2, 0) is 14.3 Å². The van der Waals surface area contributed by atoms with Crippen molar-refractivity contribution in [2.75, 3.05) is 7.11 Å². The van der Waals surface area contributed by atoms with Crippen molar-refractivity contribution in [3.05, 3.63) is 65.7 Å². The maximum atomic E-state index is 13.0. The van der Waals surface area contributed by atoms with Crippen molar-refractivity contribution in [2.24, 2.45) is 0 Å². The molecule has 1 amide bonds. The number of benzene rings is 2. The molecule has 1 aliphatic rings. The molecule has 0 bridgehead atoms. The Bertz CT molecular complexity index is 869. The molecule has 1 fully saturated rings. The van der Waals surface area contributed by atoms with Crippen molar-refractivity contribution in [3.63, 3.8) is 0 Å². The van der Waals surface area contributed by atoms with Gasteiger partial charge in [0.2, 0.25) is 0 Å². The Morgan fingerprint density at radius 3 is 2.38 bits per heavy atom. The van der Waals surface area contributed by atoms with Crippen molar-refractivity contribution in [2.45, 2.75) is 44.8 Å². The monoisotopic (exact) mass is 393 g/mol. The van der Waals surface area contributed by atoms with Gasteiger partial charge in [-0.15, -0.1) is 0 Å². The van der Waals surface area contributed by atoms with E-state index in [4.69, 9.17) is 9.47 Å². The molecular formula is C24H27NO4. The minimum absolute atomic E-state index is 0.182. The molecule has 2 aromatic carbocycles. The normalized spacial score (nSPS) is 15.6. The van der Waals surface area contributed by atoms with Gasteiger partial charge in [0.25, 0.3) is 5.91 Å². The van der Waals surface area contributed by atoms with E-state index in [1.54, 1.807) is 20.1 Å². The molecule has 0 spiro atoms. The van der Waals surface area contributed by atoms with Crippen LogP contribution in [0.2, 0.25) is 0 Å². The van der Waals surface area contributed by atoms with Crippen LogP contribution in [0.15, 0.2) is 54.6 Å². The molecule has 0 saturated heterocycles. The largest absolute Gasteiger partial charge is 0.496 e. The molecule has 1 atom stereocenters. The van der Waals surface area contributed by atoms with Crippen molar-refractivity contribution in [1.29, 1.82) is 0 Å². The van der Waals surface area contributed by atoms with E-state index in [1.807, 2.05) is 54.6 Å². The second-order valence-corrected chi connectivity index (χ2v) is 7.20. The SMILES string of the molecule is COc1ccccc1/C=C(/C(=O)O[C@H](C)C(=O)NC1CCCC1)c1ccccc1. The van der Waals surface area contributed by atoms with Crippen LogP contribution in [0.1, 0.15) is 43.7 Å². The van der Waals surface area contributed by atoms with Gasteiger partial charge in [-0.3, -0.25) is 4.79 Å². The van der Waals surface area contributed by atoms with Gasteiger partial charge in [0.1, 0.15) is 5.75 Å². The number of hydrogen-bond donors (Lipinski definition) is 1. The molecule has 0 aromatic heterocycles. The Morgan fingerprint density at radius 1 is 1.03 bits per heavy atom. The van der Waals surface area contributed by atoms with Crippen molar-refractivity contribution >= 4 is 23.5 Å². The lowest BCUT2D eigenvalue weighted by Gasteiger charge is -2.18. The summed E-state index contributed by atoms with van der Waals surface area (Å²) in [6, 6.07) is 16.9. The Hall–Kier alpha value is -3.08. The highest BCUT2D eigenvalue weighted by Crippen LogP contribution is 2.26. The van der Waals surface area contributed by atoms with Gasteiger partial charge in [-0.25, -0.2) is 4.79 Å². The van der Waals surface area contributed by atoms with Crippen LogP contribution < -0.4 is 10.1 Å². The maximum absolute atomic E-state index is 13.0. The molecule has 2 aromatic rings. The minimum atomic E-state index is -0.868. The smallest absolute Gasteiger partial charge is 0.339 e. The fourth-order valence-corrected chi connectivity index (χ4v) is 3.49.